The van der Waals surface area contributed by atoms with Gasteiger partial charge in [-0.2, -0.15) is 0 Å². The van der Waals surface area contributed by atoms with Crippen LogP contribution >= 0.6 is 0 Å². The summed E-state index contributed by atoms with van der Waals surface area (Å²) < 4.78 is 39.6. The van der Waals surface area contributed by atoms with Crippen LogP contribution in [0, 0.1) is 34.5 Å². The van der Waals surface area contributed by atoms with Crippen molar-refractivity contribution in [3.63, 3.8) is 0 Å². The normalized spacial score (nSPS) is 26.0. The Balaban J connectivity index is 1.17. The van der Waals surface area contributed by atoms with Crippen LogP contribution in [0.4, 0.5) is 4.39 Å². The predicted octanol–water partition coefficient (Wildman–Crippen LogP) is 15.2. The third-order valence-electron chi connectivity index (χ3n) is 17.7. The molecule has 0 bridgehead atoms. The summed E-state index contributed by atoms with van der Waals surface area (Å²) in [5.41, 5.74) is -3.17. The van der Waals surface area contributed by atoms with Crippen molar-refractivity contribution >= 4 is 35.4 Å². The summed E-state index contributed by atoms with van der Waals surface area (Å²) in [7, 11) is 0. The van der Waals surface area contributed by atoms with Gasteiger partial charge in [0, 0.05) is 30.1 Å². The second-order valence-electron chi connectivity index (χ2n) is 23.8. The summed E-state index contributed by atoms with van der Waals surface area (Å²) in [6.45, 7) is 9.01. The maximum atomic E-state index is 17.6. The molecule has 3 fully saturated rings. The average Bonchev–Trinajstić information content (AvgIpc) is 3.78. The fraction of sp³-hybridized carbons (Fsp3) is 0.785. The summed E-state index contributed by atoms with van der Waals surface area (Å²) in [5.74, 6) is -4.33. The van der Waals surface area contributed by atoms with Crippen LogP contribution < -0.4 is 0 Å². The SMILES string of the molecule is CCCCCCCC/C=C\CCCCCCCC(=O)OCC(COC(=O)CCC(=O)OCC(=O)C1[C@H](C)CC2C3CCC4=CC(=O)C=CC4(C)[C@@]3(F)C(O)C[C@]21C)OC(=O)CCCCCCC/C=C\CCCCCCCC. The highest BCUT2D eigenvalue weighted by Crippen LogP contribution is 2.69. The lowest BCUT2D eigenvalue weighted by Gasteiger charge is -2.61. The molecule has 0 aliphatic heterocycles. The van der Waals surface area contributed by atoms with Crippen LogP contribution in [0.1, 0.15) is 253 Å². The summed E-state index contributed by atoms with van der Waals surface area (Å²) >= 11 is 0. The van der Waals surface area contributed by atoms with Crippen LogP contribution in [-0.2, 0) is 47.7 Å². The van der Waals surface area contributed by atoms with Crippen molar-refractivity contribution in [3.8, 4) is 0 Å². The second kappa shape index (κ2) is 35.6. The molecule has 0 heterocycles. The summed E-state index contributed by atoms with van der Waals surface area (Å²) in [6, 6.07) is 0. The number of unbranched alkanes of at least 4 members (excludes halogenated alkanes) is 22. The monoisotopic (exact) mass is 1080 g/mol. The van der Waals surface area contributed by atoms with Crippen LogP contribution in [0.5, 0.6) is 0 Å². The topological polar surface area (TPSA) is 160 Å². The molecular weight excluding hydrogens is 976 g/mol. The largest absolute Gasteiger partial charge is 0.462 e. The van der Waals surface area contributed by atoms with Gasteiger partial charge in [-0.1, -0.05) is 166 Å². The highest BCUT2D eigenvalue weighted by molar-refractivity contribution is 6.01. The number of hydrogen-bond acceptors (Lipinski definition) is 11. The Bertz CT molecular complexity index is 1940. The number of allylic oxidation sites excluding steroid dienone is 8. The van der Waals surface area contributed by atoms with E-state index < -0.39 is 71.0 Å². The maximum absolute atomic E-state index is 17.6. The lowest BCUT2D eigenvalue weighted by Crippen LogP contribution is -2.66. The van der Waals surface area contributed by atoms with Gasteiger partial charge in [0.15, 0.2) is 23.3 Å². The van der Waals surface area contributed by atoms with Gasteiger partial charge in [-0.15, -0.1) is 0 Å². The number of carbonyl (C=O) groups excluding carboxylic acids is 6. The number of halogens is 1. The van der Waals surface area contributed by atoms with E-state index in [-0.39, 0.29) is 68.7 Å². The Morgan fingerprint density at radius 1 is 0.636 bits per heavy atom. The molecule has 436 valence electrons. The number of ether oxygens (including phenoxy) is 4. The second-order valence-corrected chi connectivity index (χ2v) is 23.8. The number of aliphatic hydroxyl groups excluding tert-OH is 1. The minimum atomic E-state index is -2.00. The van der Waals surface area contributed by atoms with Gasteiger partial charge >= 0.3 is 23.9 Å². The maximum Gasteiger partial charge on any atom is 0.306 e. The fourth-order valence-electron chi connectivity index (χ4n) is 13.3. The third-order valence-corrected chi connectivity index (χ3v) is 17.7. The Kier molecular flexibility index (Phi) is 30.4. The van der Waals surface area contributed by atoms with Crippen molar-refractivity contribution in [2.45, 2.75) is 271 Å². The molecule has 4 aliphatic carbocycles. The molecule has 9 atom stereocenters. The first kappa shape index (κ1) is 65.6. The van der Waals surface area contributed by atoms with Crippen LogP contribution in [0.15, 0.2) is 48.1 Å². The first-order chi connectivity index (χ1) is 37.1. The van der Waals surface area contributed by atoms with Gasteiger partial charge in [0.1, 0.15) is 19.8 Å². The molecule has 3 saturated carbocycles. The van der Waals surface area contributed by atoms with Gasteiger partial charge in [-0.25, -0.2) is 4.39 Å². The van der Waals surface area contributed by atoms with E-state index in [4.69, 9.17) is 18.9 Å². The molecule has 11 nitrogen and oxygen atoms in total. The zero-order valence-corrected chi connectivity index (χ0v) is 48.6. The smallest absolute Gasteiger partial charge is 0.306 e. The Labute approximate surface area is 464 Å². The van der Waals surface area contributed by atoms with Crippen LogP contribution in [0.2, 0.25) is 0 Å². The fourth-order valence-corrected chi connectivity index (χ4v) is 13.3. The number of ketones is 2. The number of alkyl halides is 1. The molecule has 0 aromatic rings. The van der Waals surface area contributed by atoms with E-state index in [1.807, 2.05) is 13.8 Å². The number of hydrogen-bond donors (Lipinski definition) is 1. The number of fused-ring (bicyclic) bond motifs is 5. The molecule has 0 radical (unpaired) electrons. The molecule has 6 unspecified atom stereocenters. The van der Waals surface area contributed by atoms with Gasteiger partial charge in [0.2, 0.25) is 0 Å². The van der Waals surface area contributed by atoms with E-state index in [1.165, 1.54) is 89.2 Å². The van der Waals surface area contributed by atoms with Crippen molar-refractivity contribution in [2.24, 2.45) is 34.5 Å². The van der Waals surface area contributed by atoms with Gasteiger partial charge in [0.25, 0.3) is 0 Å². The van der Waals surface area contributed by atoms with Crippen LogP contribution in [-0.4, -0.2) is 78.2 Å². The minimum Gasteiger partial charge on any atom is -0.462 e. The molecule has 4 aliphatic rings. The molecular formula is C65H103FO11. The van der Waals surface area contributed by atoms with E-state index in [1.54, 1.807) is 13.0 Å². The number of aliphatic hydroxyl groups is 1. The van der Waals surface area contributed by atoms with Gasteiger partial charge in [-0.3, -0.25) is 28.8 Å². The van der Waals surface area contributed by atoms with E-state index in [0.717, 1.165) is 77.0 Å². The lowest BCUT2D eigenvalue weighted by atomic mass is 9.45. The minimum absolute atomic E-state index is 0.0564. The quantitative estimate of drug-likeness (QED) is 0.0269. The first-order valence-corrected chi connectivity index (χ1v) is 30.9. The Morgan fingerprint density at radius 2 is 1.09 bits per heavy atom. The molecule has 12 heteroatoms. The molecule has 0 spiro atoms. The van der Waals surface area contributed by atoms with Crippen LogP contribution in [0.3, 0.4) is 0 Å². The van der Waals surface area contributed by atoms with E-state index in [9.17, 15) is 33.9 Å². The van der Waals surface area contributed by atoms with E-state index >= 15 is 4.39 Å². The molecule has 0 aromatic heterocycles. The Hall–Kier alpha value is -3.93. The number of carbonyl (C=O) groups is 6. The van der Waals surface area contributed by atoms with Crippen molar-refractivity contribution < 1.29 is 57.2 Å². The summed E-state index contributed by atoms with van der Waals surface area (Å²) in [5, 5.41) is 11.7. The lowest BCUT2D eigenvalue weighted by molar-refractivity contribution is -0.196. The summed E-state index contributed by atoms with van der Waals surface area (Å²) in [4.78, 5) is 77.7. The zero-order chi connectivity index (χ0) is 55.9. The van der Waals surface area contributed by atoms with Gasteiger partial charge in [0.05, 0.1) is 18.9 Å². The average molecular weight is 1080 g/mol. The van der Waals surface area contributed by atoms with Crippen LogP contribution in [0.25, 0.3) is 0 Å². The van der Waals surface area contributed by atoms with E-state index in [0.29, 0.717) is 37.7 Å². The van der Waals surface area contributed by atoms with Crippen molar-refractivity contribution in [2.75, 3.05) is 19.8 Å². The number of rotatable bonds is 41. The molecule has 77 heavy (non-hydrogen) atoms. The number of Topliss-reactive ketones (excluding diaryl/α,β-unsaturated/α-hetero) is 1. The molecule has 1 N–H and O–H groups in total. The zero-order valence-electron chi connectivity index (χ0n) is 48.6. The highest BCUT2D eigenvalue weighted by atomic mass is 19.1. The highest BCUT2D eigenvalue weighted by Gasteiger charge is 2.71. The van der Waals surface area contributed by atoms with Crippen molar-refractivity contribution in [1.82, 2.24) is 0 Å². The molecule has 4 rings (SSSR count). The summed E-state index contributed by atoms with van der Waals surface area (Å²) in [6.07, 6.45) is 42.4. The van der Waals surface area contributed by atoms with E-state index in [2.05, 4.69) is 38.2 Å². The predicted molar refractivity (Wildman–Crippen MR) is 302 cm³/mol. The first-order valence-electron chi connectivity index (χ1n) is 30.9. The third kappa shape index (κ3) is 21.2. The van der Waals surface area contributed by atoms with Gasteiger partial charge in [-0.05, 0) is 126 Å². The van der Waals surface area contributed by atoms with Gasteiger partial charge < -0.3 is 24.1 Å². The van der Waals surface area contributed by atoms with Crippen molar-refractivity contribution in [1.29, 1.82) is 0 Å². The number of esters is 4. The molecule has 0 aromatic carbocycles. The molecule has 0 amide bonds. The standard InChI is InChI=1S/C65H103FO11/c1-6-8-10-12-14-16-18-20-22-24-26-28-30-32-34-36-58(70)74-47-53(77-61(73)37-35-33-31-29-27-25-23-21-19-17-15-13-11-9-7-2)48-75-59(71)40-41-60(72)76-49-56(68)62-50(3)44-55-54-39-38-51-45-52(67)42-43-64(51,5)65(54,66)57(69)46-63(55,62)4/h20-23,42-43,45,50,53-55,57,62,69H,6-19,24-41,44,46-49H2,1-5H3/b22-20-,23-21-/t50-,53?,54?,55?,57?,62?,63-,64?,65+/m1/s1. The van der Waals surface area contributed by atoms with Crippen molar-refractivity contribution in [3.05, 3.63) is 48.1 Å². The Morgan fingerprint density at radius 3 is 1.61 bits per heavy atom. The molecule has 0 saturated heterocycles.